The van der Waals surface area contributed by atoms with Crippen LogP contribution in [0.3, 0.4) is 0 Å². The fraction of sp³-hybridized carbons (Fsp3) is 0.0500. The number of allylic oxidation sites excluding steroid dienone is 2. The van der Waals surface area contributed by atoms with Crippen LogP contribution in [-0.2, 0) is 4.79 Å². The van der Waals surface area contributed by atoms with Crippen LogP contribution in [0.15, 0.2) is 48.7 Å². The van der Waals surface area contributed by atoms with Crippen molar-refractivity contribution in [3.05, 3.63) is 65.4 Å². The minimum absolute atomic E-state index is 0.0436. The van der Waals surface area contributed by atoms with Crippen LogP contribution < -0.4 is 4.74 Å². The van der Waals surface area contributed by atoms with E-state index in [0.29, 0.717) is 5.56 Å². The number of aromatic hydroxyl groups is 1. The third kappa shape index (κ3) is 2.31. The van der Waals surface area contributed by atoms with Gasteiger partial charge in [0.2, 0.25) is 0 Å². The molecule has 1 aliphatic carbocycles. The molecule has 6 nitrogen and oxygen atoms in total. The van der Waals surface area contributed by atoms with E-state index in [1.807, 2.05) is 24.3 Å². The maximum Gasteiger partial charge on any atom is 0.308 e. The van der Waals surface area contributed by atoms with Gasteiger partial charge in [0.15, 0.2) is 11.6 Å². The molecule has 1 aliphatic rings. The highest BCUT2D eigenvalue weighted by Crippen LogP contribution is 2.39. The summed E-state index contributed by atoms with van der Waals surface area (Å²) in [5.74, 6) is -2.01. The molecule has 0 saturated heterocycles. The molecule has 1 aromatic heterocycles. The second kappa shape index (κ2) is 5.70. The molecule has 2 N–H and O–H groups in total. The molecule has 4 rings (SSSR count). The Kier molecular flexibility index (Phi) is 3.47. The molecule has 0 fully saturated rings. The number of para-hydroxylation sites is 1. The molecular weight excluding hydrogens is 334 g/mol. The number of Topliss-reactive ketones (excluding diaryl/α,β-unsaturated/α-hetero) is 1. The van der Waals surface area contributed by atoms with Gasteiger partial charge in [0.25, 0.3) is 0 Å². The monoisotopic (exact) mass is 347 g/mol. The summed E-state index contributed by atoms with van der Waals surface area (Å²) in [6.45, 7) is 1.20. The molecule has 0 radical (unpaired) electrons. The summed E-state index contributed by atoms with van der Waals surface area (Å²) in [6, 6.07) is 9.92. The highest BCUT2D eigenvalue weighted by Gasteiger charge is 2.33. The van der Waals surface area contributed by atoms with Crippen LogP contribution in [-0.4, -0.2) is 27.6 Å². The van der Waals surface area contributed by atoms with Crippen LogP contribution in [0.25, 0.3) is 16.5 Å². The largest absolute Gasteiger partial charge is 0.507 e. The van der Waals surface area contributed by atoms with E-state index in [1.54, 1.807) is 6.20 Å². The van der Waals surface area contributed by atoms with Crippen molar-refractivity contribution in [3.8, 4) is 11.5 Å². The van der Waals surface area contributed by atoms with Gasteiger partial charge in [-0.1, -0.05) is 18.2 Å². The van der Waals surface area contributed by atoms with E-state index in [9.17, 15) is 19.5 Å². The first-order valence-electron chi connectivity index (χ1n) is 7.89. The summed E-state index contributed by atoms with van der Waals surface area (Å²) < 4.78 is 5.02. The molecule has 1 heterocycles. The lowest BCUT2D eigenvalue weighted by molar-refractivity contribution is -0.131. The maximum absolute atomic E-state index is 13.0. The number of benzene rings is 2. The number of rotatable bonds is 2. The first-order valence-corrected chi connectivity index (χ1v) is 7.89. The first kappa shape index (κ1) is 15.8. The number of phenolic OH excluding ortho intramolecular Hbond substituents is 1. The zero-order valence-corrected chi connectivity index (χ0v) is 13.7. The second-order valence-electron chi connectivity index (χ2n) is 5.93. The number of carbonyl (C=O) groups excluding carboxylic acids is 3. The van der Waals surface area contributed by atoms with Gasteiger partial charge in [0.1, 0.15) is 11.5 Å². The molecule has 128 valence electrons. The van der Waals surface area contributed by atoms with E-state index < -0.39 is 17.5 Å². The Morgan fingerprint density at radius 3 is 2.62 bits per heavy atom. The Morgan fingerprint density at radius 1 is 1.08 bits per heavy atom. The standard InChI is InChI=1S/C20H13NO5/c1-10(22)26-17-7-6-15(23)19-18(17)16(24)8-12(20(19)25)13-9-21-14-5-3-2-4-11(13)14/h2-9,21,23H,1H3. The number of nitrogens with one attached hydrogen (secondary N) is 1. The topological polar surface area (TPSA) is 96.5 Å². The average Bonchev–Trinajstić information content (AvgIpc) is 3.03. The predicted octanol–water partition coefficient (Wildman–Crippen LogP) is 3.26. The molecule has 3 aromatic rings. The van der Waals surface area contributed by atoms with Gasteiger partial charge in [-0.25, -0.2) is 0 Å². The first-order chi connectivity index (χ1) is 12.5. The Labute approximate surface area is 147 Å². The summed E-state index contributed by atoms with van der Waals surface area (Å²) in [7, 11) is 0. The molecule has 26 heavy (non-hydrogen) atoms. The lowest BCUT2D eigenvalue weighted by Crippen LogP contribution is -2.18. The van der Waals surface area contributed by atoms with E-state index in [2.05, 4.69) is 4.98 Å². The van der Waals surface area contributed by atoms with Crippen LogP contribution >= 0.6 is 0 Å². The van der Waals surface area contributed by atoms with Gasteiger partial charge in [0, 0.05) is 35.2 Å². The van der Waals surface area contributed by atoms with Crippen LogP contribution in [0.5, 0.6) is 11.5 Å². The van der Waals surface area contributed by atoms with Gasteiger partial charge in [-0.3, -0.25) is 14.4 Å². The van der Waals surface area contributed by atoms with E-state index >= 15 is 0 Å². The summed E-state index contributed by atoms with van der Waals surface area (Å²) in [5.41, 5.74) is 1.31. The summed E-state index contributed by atoms with van der Waals surface area (Å²) in [5, 5.41) is 11.0. The Bertz CT molecular complexity index is 1140. The predicted molar refractivity (Wildman–Crippen MR) is 94.4 cm³/mol. The van der Waals surface area contributed by atoms with Crippen molar-refractivity contribution in [2.45, 2.75) is 6.92 Å². The Morgan fingerprint density at radius 2 is 1.85 bits per heavy atom. The number of hydrogen-bond acceptors (Lipinski definition) is 5. The zero-order chi connectivity index (χ0) is 18.4. The van der Waals surface area contributed by atoms with Crippen molar-refractivity contribution in [1.29, 1.82) is 0 Å². The smallest absolute Gasteiger partial charge is 0.308 e. The quantitative estimate of drug-likeness (QED) is 0.548. The summed E-state index contributed by atoms with van der Waals surface area (Å²) in [4.78, 5) is 40.0. The molecule has 0 unspecified atom stereocenters. The number of hydrogen-bond donors (Lipinski definition) is 2. The number of ketones is 2. The molecule has 6 heteroatoms. The van der Waals surface area contributed by atoms with Crippen molar-refractivity contribution < 1.29 is 24.2 Å². The summed E-state index contributed by atoms with van der Waals surface area (Å²) in [6.07, 6.45) is 2.87. The minimum Gasteiger partial charge on any atom is -0.507 e. The van der Waals surface area contributed by atoms with E-state index in [4.69, 9.17) is 4.74 Å². The maximum atomic E-state index is 13.0. The van der Waals surface area contributed by atoms with Crippen molar-refractivity contribution in [1.82, 2.24) is 4.98 Å². The number of carbonyl (C=O) groups is 3. The molecule has 0 bridgehead atoms. The van der Waals surface area contributed by atoms with Crippen LogP contribution in [0.4, 0.5) is 0 Å². The lowest BCUT2D eigenvalue weighted by Gasteiger charge is -2.18. The SMILES string of the molecule is CC(=O)Oc1ccc(O)c2c1C(=O)C=C(c1c[nH]c3ccccc13)C2=O. The van der Waals surface area contributed by atoms with Gasteiger partial charge in [-0.15, -0.1) is 0 Å². The number of aromatic nitrogens is 1. The number of fused-ring (bicyclic) bond motifs is 2. The van der Waals surface area contributed by atoms with Gasteiger partial charge in [-0.2, -0.15) is 0 Å². The zero-order valence-electron chi connectivity index (χ0n) is 13.7. The van der Waals surface area contributed by atoms with Gasteiger partial charge < -0.3 is 14.8 Å². The molecule has 0 atom stereocenters. The number of phenols is 1. The highest BCUT2D eigenvalue weighted by molar-refractivity contribution is 6.41. The van der Waals surface area contributed by atoms with Crippen molar-refractivity contribution >= 4 is 34.0 Å². The van der Waals surface area contributed by atoms with Gasteiger partial charge >= 0.3 is 5.97 Å². The Balaban J connectivity index is 1.92. The van der Waals surface area contributed by atoms with Crippen LogP contribution in [0.2, 0.25) is 0 Å². The molecule has 0 amide bonds. The molecule has 0 saturated carbocycles. The van der Waals surface area contributed by atoms with Crippen molar-refractivity contribution in [3.63, 3.8) is 0 Å². The fourth-order valence-corrected chi connectivity index (χ4v) is 3.18. The van der Waals surface area contributed by atoms with Gasteiger partial charge in [0.05, 0.1) is 11.1 Å². The van der Waals surface area contributed by atoms with Crippen LogP contribution in [0, 0.1) is 0 Å². The minimum atomic E-state index is -0.621. The summed E-state index contributed by atoms with van der Waals surface area (Å²) >= 11 is 0. The van der Waals surface area contributed by atoms with Crippen molar-refractivity contribution in [2.24, 2.45) is 0 Å². The van der Waals surface area contributed by atoms with Gasteiger partial charge in [-0.05, 0) is 24.3 Å². The van der Waals surface area contributed by atoms with E-state index in [0.717, 1.165) is 10.9 Å². The fourth-order valence-electron chi connectivity index (χ4n) is 3.18. The highest BCUT2D eigenvalue weighted by atomic mass is 16.5. The molecular formula is C20H13NO5. The van der Waals surface area contributed by atoms with Crippen molar-refractivity contribution in [2.75, 3.05) is 0 Å². The molecule has 0 aliphatic heterocycles. The third-order valence-electron chi connectivity index (χ3n) is 4.27. The number of H-pyrrole nitrogens is 1. The number of aromatic amines is 1. The number of ether oxygens (including phenoxy) is 1. The molecule has 2 aromatic carbocycles. The average molecular weight is 347 g/mol. The third-order valence-corrected chi connectivity index (χ3v) is 4.27. The number of esters is 1. The lowest BCUT2D eigenvalue weighted by atomic mass is 9.85. The van der Waals surface area contributed by atoms with E-state index in [1.165, 1.54) is 25.1 Å². The molecule has 0 spiro atoms. The normalized spacial score (nSPS) is 13.5. The Hall–Kier alpha value is -3.67. The van der Waals surface area contributed by atoms with Crippen LogP contribution in [0.1, 0.15) is 33.2 Å². The second-order valence-corrected chi connectivity index (χ2v) is 5.93. The van der Waals surface area contributed by atoms with E-state index in [-0.39, 0.29) is 28.2 Å².